The molecule has 0 spiro atoms. The summed E-state index contributed by atoms with van der Waals surface area (Å²) in [5.74, 6) is 1.62. The average molecular weight is 521 g/mol. The molecule has 9 heteroatoms. The number of anilines is 1. The van der Waals surface area contributed by atoms with Crippen molar-refractivity contribution in [1.82, 2.24) is 24.5 Å². The number of amides is 1. The highest BCUT2D eigenvalue weighted by Gasteiger charge is 2.47. The van der Waals surface area contributed by atoms with Gasteiger partial charge in [0.05, 0.1) is 22.7 Å². The van der Waals surface area contributed by atoms with E-state index in [0.29, 0.717) is 28.1 Å². The molecule has 2 saturated heterocycles. The third-order valence-electron chi connectivity index (χ3n) is 7.12. The highest BCUT2D eigenvalue weighted by atomic mass is 35.5. The third kappa shape index (κ3) is 3.73. The van der Waals surface area contributed by atoms with Crippen LogP contribution in [0.4, 0.5) is 5.95 Å². The molecule has 4 aromatic rings. The van der Waals surface area contributed by atoms with E-state index in [1.807, 2.05) is 78.7 Å². The third-order valence-corrected chi connectivity index (χ3v) is 7.70. The normalized spacial score (nSPS) is 19.2. The van der Waals surface area contributed by atoms with Crippen LogP contribution in [0.1, 0.15) is 26.1 Å². The van der Waals surface area contributed by atoms with E-state index in [1.165, 1.54) is 0 Å². The molecule has 0 aliphatic carbocycles. The minimum absolute atomic E-state index is 0.00275. The van der Waals surface area contributed by atoms with Gasteiger partial charge >= 0.3 is 0 Å². The molecule has 6 rings (SSSR count). The zero-order valence-corrected chi connectivity index (χ0v) is 21.8. The van der Waals surface area contributed by atoms with E-state index in [9.17, 15) is 4.79 Å². The molecule has 2 aromatic heterocycles. The number of aryl methyl sites for hydroxylation is 1. The Labute approximate surface area is 219 Å². The number of carbonyl (C=O) groups excluding carboxylic acids is 1. The number of rotatable bonds is 4. The van der Waals surface area contributed by atoms with Crippen molar-refractivity contribution in [2.45, 2.75) is 39.3 Å². The molecule has 7 nitrogen and oxygen atoms in total. The van der Waals surface area contributed by atoms with Gasteiger partial charge in [-0.3, -0.25) is 4.79 Å². The van der Waals surface area contributed by atoms with Gasteiger partial charge in [0, 0.05) is 29.6 Å². The Bertz CT molecular complexity index is 1480. The van der Waals surface area contributed by atoms with Gasteiger partial charge in [-0.2, -0.15) is 14.6 Å². The topological polar surface area (TPSA) is 66.6 Å². The number of hydrogen-bond acceptors (Lipinski definition) is 5. The van der Waals surface area contributed by atoms with Crippen LogP contribution in [0.3, 0.4) is 0 Å². The predicted molar refractivity (Wildman–Crippen MR) is 143 cm³/mol. The van der Waals surface area contributed by atoms with Gasteiger partial charge in [-0.15, -0.1) is 0 Å². The number of hydrogen-bond donors (Lipinski definition) is 0. The van der Waals surface area contributed by atoms with Gasteiger partial charge in [0.1, 0.15) is 11.5 Å². The van der Waals surface area contributed by atoms with Crippen molar-refractivity contribution in [3.63, 3.8) is 0 Å². The number of aromatic nitrogens is 4. The molecule has 36 heavy (non-hydrogen) atoms. The summed E-state index contributed by atoms with van der Waals surface area (Å²) in [7, 11) is 0. The van der Waals surface area contributed by atoms with Crippen LogP contribution in [-0.4, -0.2) is 55.6 Å². The van der Waals surface area contributed by atoms with Gasteiger partial charge in [0.2, 0.25) is 11.9 Å². The van der Waals surface area contributed by atoms with Gasteiger partial charge in [0.15, 0.2) is 5.65 Å². The fourth-order valence-corrected chi connectivity index (χ4v) is 5.80. The first kappa shape index (κ1) is 23.3. The van der Waals surface area contributed by atoms with Crippen molar-refractivity contribution < 1.29 is 4.79 Å². The Hall–Kier alpha value is -3.16. The minimum Gasteiger partial charge on any atom is -0.336 e. The second-order valence-corrected chi connectivity index (χ2v) is 10.7. The monoisotopic (exact) mass is 520 g/mol. The molecule has 2 bridgehead atoms. The molecule has 2 aromatic carbocycles. The Kier molecular flexibility index (Phi) is 5.65. The van der Waals surface area contributed by atoms with E-state index in [4.69, 9.17) is 38.3 Å². The molecule has 2 aliphatic heterocycles. The number of piperazine rings is 1. The number of halogens is 2. The fourth-order valence-electron chi connectivity index (χ4n) is 5.45. The Morgan fingerprint density at radius 1 is 1.00 bits per heavy atom. The summed E-state index contributed by atoms with van der Waals surface area (Å²) in [5.41, 5.74) is 4.12. The first-order valence-corrected chi connectivity index (χ1v) is 12.9. The van der Waals surface area contributed by atoms with Crippen LogP contribution < -0.4 is 4.90 Å². The second-order valence-electron chi connectivity index (χ2n) is 9.86. The summed E-state index contributed by atoms with van der Waals surface area (Å²) in [6, 6.07) is 15.8. The van der Waals surface area contributed by atoms with Gasteiger partial charge in [-0.05, 0) is 37.1 Å². The van der Waals surface area contributed by atoms with Crippen molar-refractivity contribution in [3.8, 4) is 22.4 Å². The summed E-state index contributed by atoms with van der Waals surface area (Å²) in [4.78, 5) is 26.7. The van der Waals surface area contributed by atoms with Crippen LogP contribution in [-0.2, 0) is 4.79 Å². The molecule has 1 amide bonds. The van der Waals surface area contributed by atoms with Crippen molar-refractivity contribution in [2.75, 3.05) is 18.0 Å². The first-order valence-electron chi connectivity index (χ1n) is 12.2. The Morgan fingerprint density at radius 2 is 1.75 bits per heavy atom. The summed E-state index contributed by atoms with van der Waals surface area (Å²) in [5, 5.41) is 6.32. The number of carbonyl (C=O) groups is 1. The summed E-state index contributed by atoms with van der Waals surface area (Å²) >= 11 is 12.8. The molecule has 0 unspecified atom stereocenters. The lowest BCUT2D eigenvalue weighted by Gasteiger charge is -2.35. The smallest absolute Gasteiger partial charge is 0.230 e. The maximum atomic E-state index is 12.7. The summed E-state index contributed by atoms with van der Waals surface area (Å²) in [6.45, 7) is 7.25. The fraction of sp³-hybridized carbons (Fsp3) is 0.333. The van der Waals surface area contributed by atoms with E-state index in [-0.39, 0.29) is 23.9 Å². The molecule has 0 N–H and O–H groups in total. The molecular formula is C27H26Cl2N6O. The molecule has 4 heterocycles. The molecule has 0 saturated carbocycles. The van der Waals surface area contributed by atoms with E-state index in [2.05, 4.69) is 4.90 Å². The SMILES string of the molecule is Cc1nc(N2C[C@@H]3C[C@H]2CN3C(=O)C(C)C)n2nc(-c3ccccc3Cl)c(-c3ccc(Cl)cc3)c2n1. The van der Waals surface area contributed by atoms with Crippen LogP contribution in [0, 0.1) is 12.8 Å². The first-order chi connectivity index (χ1) is 17.3. The number of likely N-dealkylation sites (tertiary alicyclic amines) is 1. The standard InChI is InChI=1S/C27H26Cl2N6O/c1-15(2)26(36)33-13-20-12-19(33)14-34(20)27-31-16(3)30-25-23(17-8-10-18(28)11-9-17)24(32-35(25)27)21-6-4-5-7-22(21)29/h4-11,15,19-20H,12-14H2,1-3H3/t19-,20-/m0/s1. The van der Waals surface area contributed by atoms with Crippen LogP contribution in [0.15, 0.2) is 48.5 Å². The highest BCUT2D eigenvalue weighted by molar-refractivity contribution is 6.33. The Morgan fingerprint density at radius 3 is 2.42 bits per heavy atom. The van der Waals surface area contributed by atoms with Gasteiger partial charge < -0.3 is 9.80 Å². The lowest BCUT2D eigenvalue weighted by molar-refractivity contribution is -0.135. The highest BCUT2D eigenvalue weighted by Crippen LogP contribution is 2.40. The molecule has 2 aliphatic rings. The predicted octanol–water partition coefficient (Wildman–Crippen LogP) is 5.52. The summed E-state index contributed by atoms with van der Waals surface area (Å²) < 4.78 is 1.84. The van der Waals surface area contributed by atoms with Crippen molar-refractivity contribution in [3.05, 3.63) is 64.4 Å². The zero-order chi connectivity index (χ0) is 25.1. The number of benzene rings is 2. The maximum Gasteiger partial charge on any atom is 0.230 e. The van der Waals surface area contributed by atoms with Crippen molar-refractivity contribution in [1.29, 1.82) is 0 Å². The van der Waals surface area contributed by atoms with Crippen molar-refractivity contribution in [2.24, 2.45) is 5.92 Å². The lowest BCUT2D eigenvalue weighted by atomic mass is 10.0. The molecule has 0 radical (unpaired) electrons. The van der Waals surface area contributed by atoms with Crippen LogP contribution in [0.25, 0.3) is 28.0 Å². The van der Waals surface area contributed by atoms with E-state index in [0.717, 1.165) is 41.3 Å². The largest absolute Gasteiger partial charge is 0.336 e. The van der Waals surface area contributed by atoms with E-state index < -0.39 is 0 Å². The van der Waals surface area contributed by atoms with Crippen LogP contribution in [0.2, 0.25) is 10.0 Å². The number of fused-ring (bicyclic) bond motifs is 3. The van der Waals surface area contributed by atoms with Gasteiger partial charge in [0.25, 0.3) is 0 Å². The molecule has 2 fully saturated rings. The second kappa shape index (κ2) is 8.75. The lowest BCUT2D eigenvalue weighted by Crippen LogP contribution is -2.50. The molecule has 2 atom stereocenters. The van der Waals surface area contributed by atoms with Gasteiger partial charge in [-0.1, -0.05) is 67.4 Å². The Balaban J connectivity index is 1.51. The average Bonchev–Trinajstić information content (AvgIpc) is 3.56. The quantitative estimate of drug-likeness (QED) is 0.354. The molecule has 184 valence electrons. The van der Waals surface area contributed by atoms with Crippen LogP contribution >= 0.6 is 23.2 Å². The maximum absolute atomic E-state index is 12.7. The number of nitrogens with zero attached hydrogens (tertiary/aromatic N) is 6. The minimum atomic E-state index is -0.00275. The van der Waals surface area contributed by atoms with Crippen LogP contribution in [0.5, 0.6) is 0 Å². The van der Waals surface area contributed by atoms with Gasteiger partial charge in [-0.25, -0.2) is 4.98 Å². The van der Waals surface area contributed by atoms with Crippen molar-refractivity contribution >= 4 is 40.7 Å². The zero-order valence-electron chi connectivity index (χ0n) is 20.3. The summed E-state index contributed by atoms with van der Waals surface area (Å²) in [6.07, 6.45) is 0.936. The van der Waals surface area contributed by atoms with E-state index in [1.54, 1.807) is 0 Å². The molecular weight excluding hydrogens is 495 g/mol. The van der Waals surface area contributed by atoms with E-state index >= 15 is 0 Å².